The smallest absolute Gasteiger partial charge is 0.432 e. The molecule has 0 aliphatic carbocycles. The van der Waals surface area contributed by atoms with E-state index in [-0.39, 0.29) is 23.3 Å². The van der Waals surface area contributed by atoms with E-state index in [9.17, 15) is 23.1 Å². The van der Waals surface area contributed by atoms with E-state index in [1.165, 1.54) is 55.5 Å². The predicted octanol–water partition coefficient (Wildman–Crippen LogP) is 5.09. The van der Waals surface area contributed by atoms with E-state index in [1.54, 1.807) is 0 Å². The van der Waals surface area contributed by atoms with E-state index in [0.29, 0.717) is 5.02 Å². The summed E-state index contributed by atoms with van der Waals surface area (Å²) >= 11 is 5.77. The van der Waals surface area contributed by atoms with Crippen LogP contribution in [0.5, 0.6) is 5.75 Å². The molecule has 0 heterocycles. The van der Waals surface area contributed by atoms with Crippen LogP contribution in [0.2, 0.25) is 5.02 Å². The Hall–Kier alpha value is -2.25. The SMILES string of the molecule is CCC(Oc1ccc(C(O)CC(=O)O)cc1)(c1ccc(Cl)cc1)C(F)(F)F. The molecule has 0 radical (unpaired) electrons. The summed E-state index contributed by atoms with van der Waals surface area (Å²) < 4.78 is 47.2. The molecular formula is C19H18ClF3O4. The first-order valence-electron chi connectivity index (χ1n) is 8.10. The summed E-state index contributed by atoms with van der Waals surface area (Å²) in [6.45, 7) is 1.37. The Balaban J connectivity index is 2.36. The minimum Gasteiger partial charge on any atom is -0.481 e. The van der Waals surface area contributed by atoms with Crippen LogP contribution in [-0.4, -0.2) is 22.4 Å². The summed E-state index contributed by atoms with van der Waals surface area (Å²) in [6, 6.07) is 10.5. The monoisotopic (exact) mass is 402 g/mol. The highest BCUT2D eigenvalue weighted by Gasteiger charge is 2.57. The summed E-state index contributed by atoms with van der Waals surface area (Å²) in [4.78, 5) is 10.6. The third-order valence-corrected chi connectivity index (χ3v) is 4.44. The molecule has 0 fully saturated rings. The highest BCUT2D eigenvalue weighted by molar-refractivity contribution is 6.30. The number of ether oxygens (including phenoxy) is 1. The number of carbonyl (C=O) groups is 1. The average Bonchev–Trinajstić information content (AvgIpc) is 2.59. The summed E-state index contributed by atoms with van der Waals surface area (Å²) in [5.74, 6) is -1.25. The van der Waals surface area contributed by atoms with Gasteiger partial charge in [-0.3, -0.25) is 4.79 Å². The fourth-order valence-corrected chi connectivity index (χ4v) is 2.84. The number of benzene rings is 2. The van der Waals surface area contributed by atoms with Gasteiger partial charge in [-0.1, -0.05) is 42.8 Å². The molecule has 0 saturated heterocycles. The summed E-state index contributed by atoms with van der Waals surface area (Å²) in [5, 5.41) is 18.8. The van der Waals surface area contributed by atoms with Crippen molar-refractivity contribution >= 4 is 17.6 Å². The molecule has 0 spiro atoms. The van der Waals surface area contributed by atoms with Crippen LogP contribution in [0.4, 0.5) is 13.2 Å². The number of aliphatic hydroxyl groups is 1. The third kappa shape index (κ3) is 4.73. The molecule has 2 unspecified atom stereocenters. The van der Waals surface area contributed by atoms with Gasteiger partial charge in [-0.05, 0) is 36.2 Å². The molecule has 0 aliphatic rings. The van der Waals surface area contributed by atoms with Crippen LogP contribution >= 0.6 is 11.6 Å². The first-order chi connectivity index (χ1) is 12.6. The molecule has 27 heavy (non-hydrogen) atoms. The lowest BCUT2D eigenvalue weighted by Gasteiger charge is -2.36. The lowest BCUT2D eigenvalue weighted by atomic mass is 9.90. The van der Waals surface area contributed by atoms with Gasteiger partial charge in [-0.15, -0.1) is 0 Å². The van der Waals surface area contributed by atoms with Crippen LogP contribution in [0.1, 0.15) is 37.0 Å². The van der Waals surface area contributed by atoms with Gasteiger partial charge in [-0.25, -0.2) is 0 Å². The Morgan fingerprint density at radius 2 is 1.67 bits per heavy atom. The topological polar surface area (TPSA) is 66.8 Å². The Bertz CT molecular complexity index is 775. The second kappa shape index (κ2) is 8.19. The molecule has 4 nitrogen and oxygen atoms in total. The first kappa shape index (κ1) is 21.1. The molecule has 2 atom stereocenters. The first-order valence-corrected chi connectivity index (χ1v) is 8.48. The van der Waals surface area contributed by atoms with E-state index in [1.807, 2.05) is 0 Å². The number of carboxylic acids is 1. The zero-order chi connectivity index (χ0) is 20.2. The van der Waals surface area contributed by atoms with Gasteiger partial charge in [0.15, 0.2) is 0 Å². The van der Waals surface area contributed by atoms with Crippen molar-refractivity contribution in [2.24, 2.45) is 0 Å². The minimum atomic E-state index is -4.70. The fourth-order valence-electron chi connectivity index (χ4n) is 2.72. The molecule has 0 saturated carbocycles. The minimum absolute atomic E-state index is 0.0598. The van der Waals surface area contributed by atoms with Crippen LogP contribution in [0, 0.1) is 0 Å². The maximum absolute atomic E-state index is 13.9. The standard InChI is InChI=1S/C19H18ClF3O4/c1-2-18(19(21,22)23,13-5-7-14(20)8-6-13)27-15-9-3-12(4-10-15)16(24)11-17(25)26/h3-10,16,24H,2,11H2,1H3,(H,25,26). The number of hydrogen-bond acceptors (Lipinski definition) is 3. The number of aliphatic carboxylic acids is 1. The predicted molar refractivity (Wildman–Crippen MR) is 93.8 cm³/mol. The molecule has 2 N–H and O–H groups in total. The van der Waals surface area contributed by atoms with Crippen molar-refractivity contribution in [1.29, 1.82) is 0 Å². The maximum atomic E-state index is 13.9. The van der Waals surface area contributed by atoms with Crippen molar-refractivity contribution in [3.05, 3.63) is 64.7 Å². The third-order valence-electron chi connectivity index (χ3n) is 4.19. The van der Waals surface area contributed by atoms with Crippen molar-refractivity contribution in [1.82, 2.24) is 0 Å². The largest absolute Gasteiger partial charge is 0.481 e. The van der Waals surface area contributed by atoms with E-state index < -0.39 is 30.3 Å². The van der Waals surface area contributed by atoms with Crippen molar-refractivity contribution in [2.45, 2.75) is 37.6 Å². The number of carboxylic acid groups (broad SMARTS) is 1. The Kier molecular flexibility index (Phi) is 6.38. The quantitative estimate of drug-likeness (QED) is 0.676. The average molecular weight is 403 g/mol. The molecule has 0 aromatic heterocycles. The normalized spacial score (nSPS) is 15.0. The van der Waals surface area contributed by atoms with Gasteiger partial charge >= 0.3 is 12.1 Å². The van der Waals surface area contributed by atoms with E-state index in [4.69, 9.17) is 21.4 Å². The Morgan fingerprint density at radius 3 is 2.11 bits per heavy atom. The summed E-state index contributed by atoms with van der Waals surface area (Å²) in [7, 11) is 0. The summed E-state index contributed by atoms with van der Waals surface area (Å²) in [6.07, 6.45) is -6.84. The van der Waals surface area contributed by atoms with Gasteiger partial charge in [0.1, 0.15) is 5.75 Å². The Morgan fingerprint density at radius 1 is 1.11 bits per heavy atom. The summed E-state index contributed by atoms with van der Waals surface area (Å²) in [5.41, 5.74) is -2.39. The second-order valence-corrected chi connectivity index (χ2v) is 6.41. The lowest BCUT2D eigenvalue weighted by Crippen LogP contribution is -2.47. The van der Waals surface area contributed by atoms with Gasteiger partial charge in [-0.2, -0.15) is 13.2 Å². The van der Waals surface area contributed by atoms with Crippen molar-refractivity contribution < 1.29 is 32.9 Å². The molecule has 8 heteroatoms. The number of aliphatic hydroxyl groups excluding tert-OH is 1. The number of alkyl halides is 3. The van der Waals surface area contributed by atoms with Crippen molar-refractivity contribution in [3.63, 3.8) is 0 Å². The van der Waals surface area contributed by atoms with E-state index in [0.717, 1.165) is 0 Å². The van der Waals surface area contributed by atoms with E-state index in [2.05, 4.69) is 0 Å². The highest BCUT2D eigenvalue weighted by atomic mass is 35.5. The molecule has 0 aliphatic heterocycles. The molecule has 2 rings (SSSR count). The molecule has 0 amide bonds. The number of rotatable bonds is 7. The molecule has 2 aromatic rings. The van der Waals surface area contributed by atoms with Crippen LogP contribution in [0.3, 0.4) is 0 Å². The van der Waals surface area contributed by atoms with Gasteiger partial charge in [0.05, 0.1) is 12.5 Å². The Labute approximate surface area is 159 Å². The highest BCUT2D eigenvalue weighted by Crippen LogP contribution is 2.45. The number of halogens is 4. The van der Waals surface area contributed by atoms with Gasteiger partial charge in [0.25, 0.3) is 0 Å². The van der Waals surface area contributed by atoms with Crippen LogP contribution in [-0.2, 0) is 10.4 Å². The van der Waals surface area contributed by atoms with Crippen LogP contribution in [0.25, 0.3) is 0 Å². The molecule has 2 aromatic carbocycles. The molecular weight excluding hydrogens is 385 g/mol. The van der Waals surface area contributed by atoms with Crippen LogP contribution < -0.4 is 4.74 Å². The van der Waals surface area contributed by atoms with Gasteiger partial charge < -0.3 is 14.9 Å². The lowest BCUT2D eigenvalue weighted by molar-refractivity contribution is -0.256. The van der Waals surface area contributed by atoms with Gasteiger partial charge in [0, 0.05) is 10.6 Å². The maximum Gasteiger partial charge on any atom is 0.432 e. The second-order valence-electron chi connectivity index (χ2n) is 5.97. The number of hydrogen-bond donors (Lipinski definition) is 2. The fraction of sp³-hybridized carbons (Fsp3) is 0.316. The van der Waals surface area contributed by atoms with Gasteiger partial charge in [0.2, 0.25) is 5.60 Å². The molecule has 0 bridgehead atoms. The van der Waals surface area contributed by atoms with Crippen molar-refractivity contribution in [3.8, 4) is 5.75 Å². The van der Waals surface area contributed by atoms with Crippen LogP contribution in [0.15, 0.2) is 48.5 Å². The zero-order valence-corrected chi connectivity index (χ0v) is 15.1. The van der Waals surface area contributed by atoms with E-state index >= 15 is 0 Å². The molecule has 146 valence electrons. The van der Waals surface area contributed by atoms with Crippen molar-refractivity contribution in [2.75, 3.05) is 0 Å². The zero-order valence-electron chi connectivity index (χ0n) is 14.3.